The van der Waals surface area contributed by atoms with Crippen molar-refractivity contribution in [2.45, 2.75) is 27.7 Å². The molecule has 0 N–H and O–H groups in total. The first kappa shape index (κ1) is 24.3. The average Bonchev–Trinajstić information content (AvgIpc) is 2.41. The first-order valence-electron chi connectivity index (χ1n) is 5.88. The molecular weight excluding hydrogens is 316 g/mol. The van der Waals surface area contributed by atoms with Gasteiger partial charge in [-0.1, -0.05) is 19.9 Å². The van der Waals surface area contributed by atoms with E-state index in [1.165, 1.54) is 33.8 Å². The SMILES string of the molecule is C/C=C(\C#N)S(=O)(=O)CC.CC=O.CCS(=O)(=O)CC#N. The molecule has 120 valence electrons. The van der Waals surface area contributed by atoms with E-state index in [9.17, 15) is 16.8 Å². The number of allylic oxidation sites excluding steroid dienone is 2. The molecule has 21 heavy (non-hydrogen) atoms. The molecule has 0 heterocycles. The Morgan fingerprint density at radius 2 is 1.48 bits per heavy atom. The zero-order chi connectivity index (χ0) is 17.5. The monoisotopic (exact) mass is 336 g/mol. The van der Waals surface area contributed by atoms with Crippen molar-refractivity contribution in [3.8, 4) is 12.1 Å². The number of aldehydes is 1. The molecule has 0 aromatic rings. The van der Waals surface area contributed by atoms with E-state index < -0.39 is 19.7 Å². The maximum atomic E-state index is 10.9. The molecule has 9 heteroatoms. The lowest BCUT2D eigenvalue weighted by Gasteiger charge is -1.94. The van der Waals surface area contributed by atoms with Crippen molar-refractivity contribution in [1.82, 2.24) is 0 Å². The van der Waals surface area contributed by atoms with Crippen LogP contribution in [0.5, 0.6) is 0 Å². The fraction of sp³-hybridized carbons (Fsp3) is 0.583. The van der Waals surface area contributed by atoms with Gasteiger partial charge in [0.2, 0.25) is 0 Å². The molecule has 0 spiro atoms. The summed E-state index contributed by atoms with van der Waals surface area (Å²) in [5, 5.41) is 16.2. The van der Waals surface area contributed by atoms with Gasteiger partial charge in [-0.25, -0.2) is 16.8 Å². The lowest BCUT2D eigenvalue weighted by molar-refractivity contribution is -0.106. The van der Waals surface area contributed by atoms with Crippen molar-refractivity contribution >= 4 is 26.0 Å². The van der Waals surface area contributed by atoms with Crippen LogP contribution in [0.25, 0.3) is 0 Å². The number of sulfone groups is 2. The molecule has 0 radical (unpaired) electrons. The third-order valence-corrected chi connectivity index (χ3v) is 5.02. The number of hydrogen-bond acceptors (Lipinski definition) is 7. The molecule has 0 atom stereocenters. The minimum atomic E-state index is -3.26. The summed E-state index contributed by atoms with van der Waals surface area (Å²) in [5.41, 5.74) is 0. The van der Waals surface area contributed by atoms with E-state index in [-0.39, 0.29) is 22.2 Å². The van der Waals surface area contributed by atoms with Gasteiger partial charge in [0.15, 0.2) is 19.7 Å². The predicted molar refractivity (Wildman–Crippen MR) is 80.5 cm³/mol. The van der Waals surface area contributed by atoms with E-state index in [1.807, 2.05) is 0 Å². The lowest BCUT2D eigenvalue weighted by Crippen LogP contribution is -2.05. The average molecular weight is 336 g/mol. The molecular formula is C12H20N2O5S2. The van der Waals surface area contributed by atoms with Crippen LogP contribution in [0.3, 0.4) is 0 Å². The van der Waals surface area contributed by atoms with E-state index in [4.69, 9.17) is 15.3 Å². The van der Waals surface area contributed by atoms with Gasteiger partial charge in [0.1, 0.15) is 23.0 Å². The zero-order valence-electron chi connectivity index (χ0n) is 12.5. The highest BCUT2D eigenvalue weighted by Crippen LogP contribution is 2.04. The standard InChI is InChI=1S/C6H9NO2S.C4H7NO2S.C2H4O/c1-3-6(5-7)10(8,9)4-2;1-2-8(6,7)4-3-5;1-2-3/h3H,4H2,1-2H3;2,4H2,1H3;2H,1H3/b6-3+;;. The van der Waals surface area contributed by atoms with Crippen LogP contribution in [0.15, 0.2) is 11.0 Å². The fourth-order valence-electron chi connectivity index (χ4n) is 0.670. The van der Waals surface area contributed by atoms with Gasteiger partial charge in [-0.2, -0.15) is 10.5 Å². The van der Waals surface area contributed by atoms with Crippen molar-refractivity contribution in [3.05, 3.63) is 11.0 Å². The molecule has 0 unspecified atom stereocenters. The Morgan fingerprint density at radius 3 is 1.57 bits per heavy atom. The maximum absolute atomic E-state index is 10.9. The Hall–Kier alpha value is -1.71. The second-order valence-electron chi connectivity index (χ2n) is 3.24. The summed E-state index contributed by atoms with van der Waals surface area (Å²) >= 11 is 0. The van der Waals surface area contributed by atoms with Crippen LogP contribution < -0.4 is 0 Å². The van der Waals surface area contributed by atoms with E-state index in [1.54, 1.807) is 12.1 Å². The lowest BCUT2D eigenvalue weighted by atomic mass is 10.6. The number of hydrogen-bond donors (Lipinski definition) is 0. The van der Waals surface area contributed by atoms with Gasteiger partial charge in [-0.05, 0) is 13.8 Å². The van der Waals surface area contributed by atoms with Crippen molar-refractivity contribution in [2.24, 2.45) is 0 Å². The largest absolute Gasteiger partial charge is 0.304 e. The third-order valence-electron chi connectivity index (χ3n) is 1.81. The molecule has 0 saturated heterocycles. The van der Waals surface area contributed by atoms with Crippen molar-refractivity contribution in [2.75, 3.05) is 17.3 Å². The number of carbonyl (C=O) groups excluding carboxylic acids is 1. The van der Waals surface area contributed by atoms with Gasteiger partial charge in [0.25, 0.3) is 0 Å². The molecule has 0 aliphatic rings. The zero-order valence-corrected chi connectivity index (χ0v) is 14.2. The molecule has 0 aromatic carbocycles. The molecule has 0 rings (SSSR count). The second kappa shape index (κ2) is 13.3. The molecule has 7 nitrogen and oxygen atoms in total. The summed E-state index contributed by atoms with van der Waals surface area (Å²) < 4.78 is 42.5. The smallest absolute Gasteiger partial charge is 0.187 e. The maximum Gasteiger partial charge on any atom is 0.187 e. The van der Waals surface area contributed by atoms with Gasteiger partial charge >= 0.3 is 0 Å². The van der Waals surface area contributed by atoms with E-state index in [0.29, 0.717) is 0 Å². The van der Waals surface area contributed by atoms with Crippen LogP contribution >= 0.6 is 0 Å². The Morgan fingerprint density at radius 1 is 1.05 bits per heavy atom. The third kappa shape index (κ3) is 14.5. The number of nitriles is 2. The highest BCUT2D eigenvalue weighted by Gasteiger charge is 2.12. The van der Waals surface area contributed by atoms with Crippen LogP contribution in [0.1, 0.15) is 27.7 Å². The highest BCUT2D eigenvalue weighted by molar-refractivity contribution is 7.95. The molecule has 0 fully saturated rings. The highest BCUT2D eigenvalue weighted by atomic mass is 32.2. The Labute approximate surface area is 126 Å². The molecule has 0 aliphatic carbocycles. The summed E-state index contributed by atoms with van der Waals surface area (Å²) in [5.74, 6) is -0.315. The van der Waals surface area contributed by atoms with Crippen LogP contribution in [-0.4, -0.2) is 40.4 Å². The van der Waals surface area contributed by atoms with Gasteiger partial charge in [0.05, 0.1) is 11.8 Å². The van der Waals surface area contributed by atoms with Crippen molar-refractivity contribution in [3.63, 3.8) is 0 Å². The molecule has 0 bridgehead atoms. The van der Waals surface area contributed by atoms with Gasteiger partial charge < -0.3 is 4.79 Å². The van der Waals surface area contributed by atoms with E-state index in [0.717, 1.165) is 6.29 Å². The second-order valence-corrected chi connectivity index (χ2v) is 7.84. The molecule has 0 aromatic heterocycles. The first-order valence-corrected chi connectivity index (χ1v) is 9.35. The summed E-state index contributed by atoms with van der Waals surface area (Å²) in [6.45, 7) is 6.01. The fourth-order valence-corrected chi connectivity index (χ4v) is 1.88. The van der Waals surface area contributed by atoms with E-state index >= 15 is 0 Å². The minimum Gasteiger partial charge on any atom is -0.304 e. The summed E-state index contributed by atoms with van der Waals surface area (Å²) in [6.07, 6.45) is 2.05. The van der Waals surface area contributed by atoms with Crippen LogP contribution in [-0.2, 0) is 24.5 Å². The van der Waals surface area contributed by atoms with Gasteiger partial charge in [-0.15, -0.1) is 0 Å². The van der Waals surface area contributed by atoms with Crippen LogP contribution in [0, 0.1) is 22.7 Å². The summed E-state index contributed by atoms with van der Waals surface area (Å²) in [4.78, 5) is 8.66. The Balaban J connectivity index is -0.000000264. The predicted octanol–water partition coefficient (Wildman–Crippen LogP) is 0.998. The van der Waals surface area contributed by atoms with Gasteiger partial charge in [0, 0.05) is 5.75 Å². The van der Waals surface area contributed by atoms with Crippen molar-refractivity contribution < 1.29 is 21.6 Å². The summed E-state index contributed by atoms with van der Waals surface area (Å²) in [6, 6.07) is 3.19. The molecule has 0 saturated carbocycles. The molecule has 0 amide bonds. The van der Waals surface area contributed by atoms with E-state index in [2.05, 4.69) is 0 Å². The Bertz CT molecular complexity index is 605. The van der Waals surface area contributed by atoms with Gasteiger partial charge in [-0.3, -0.25) is 0 Å². The first-order chi connectivity index (χ1) is 9.62. The Kier molecular flexibility index (Phi) is 15.4. The number of carbonyl (C=O) groups is 1. The summed E-state index contributed by atoms with van der Waals surface area (Å²) in [7, 11) is -6.29. The number of rotatable bonds is 4. The normalized spacial score (nSPS) is 10.7. The topological polar surface area (TPSA) is 133 Å². The minimum absolute atomic E-state index is 0.0137. The van der Waals surface area contributed by atoms with Crippen LogP contribution in [0.4, 0.5) is 0 Å². The van der Waals surface area contributed by atoms with Crippen LogP contribution in [0.2, 0.25) is 0 Å². The number of nitrogens with zero attached hydrogens (tertiary/aromatic N) is 2. The molecule has 0 aliphatic heterocycles. The quantitative estimate of drug-likeness (QED) is 0.552. The van der Waals surface area contributed by atoms with Crippen molar-refractivity contribution in [1.29, 1.82) is 10.5 Å².